The van der Waals surface area contributed by atoms with E-state index in [2.05, 4.69) is 31.1 Å². The molecule has 0 aliphatic rings. The van der Waals surface area contributed by atoms with Gasteiger partial charge in [0.05, 0.1) is 5.03 Å². The molecule has 19 heavy (non-hydrogen) atoms. The molecule has 0 bridgehead atoms. The van der Waals surface area contributed by atoms with Gasteiger partial charge in [-0.1, -0.05) is 6.07 Å². The first-order valence-electron chi connectivity index (χ1n) is 5.75. The number of aryl methyl sites for hydroxylation is 2. The van der Waals surface area contributed by atoms with Crippen LogP contribution in [0.3, 0.4) is 0 Å². The molecule has 6 nitrogen and oxygen atoms in total. The summed E-state index contributed by atoms with van der Waals surface area (Å²) in [5, 5.41) is 13.2. The van der Waals surface area contributed by atoms with Gasteiger partial charge in [-0.3, -0.25) is 4.57 Å². The van der Waals surface area contributed by atoms with Crippen LogP contribution in [0.25, 0.3) is 5.82 Å². The molecule has 0 saturated heterocycles. The number of pyridine rings is 1. The van der Waals surface area contributed by atoms with Crippen LogP contribution in [-0.4, -0.2) is 29.8 Å². The highest BCUT2D eigenvalue weighted by atomic mass is 32.2. The average Bonchev–Trinajstić information content (AvgIpc) is 2.98. The summed E-state index contributed by atoms with van der Waals surface area (Å²) in [6.45, 7) is 2.05. The van der Waals surface area contributed by atoms with Crippen LogP contribution < -0.4 is 0 Å². The lowest BCUT2D eigenvalue weighted by Crippen LogP contribution is -2.01. The maximum Gasteiger partial charge on any atom is 0.215 e. The largest absolute Gasteiger partial charge is 0.293 e. The number of aromatic nitrogens is 6. The molecule has 0 aliphatic heterocycles. The summed E-state index contributed by atoms with van der Waals surface area (Å²) >= 11 is 1.51. The van der Waals surface area contributed by atoms with E-state index < -0.39 is 0 Å². The van der Waals surface area contributed by atoms with Crippen LogP contribution in [0.15, 0.2) is 46.7 Å². The average molecular weight is 272 g/mol. The minimum absolute atomic E-state index is 0.746. The van der Waals surface area contributed by atoms with Gasteiger partial charge in [0.1, 0.15) is 5.82 Å². The summed E-state index contributed by atoms with van der Waals surface area (Å²) in [4.78, 5) is 4.39. The molecule has 0 aromatic carbocycles. The van der Waals surface area contributed by atoms with Crippen molar-refractivity contribution in [2.75, 3.05) is 0 Å². The highest BCUT2D eigenvalue weighted by Gasteiger charge is 2.12. The van der Waals surface area contributed by atoms with Gasteiger partial charge in [-0.25, -0.2) is 9.67 Å². The van der Waals surface area contributed by atoms with Crippen LogP contribution in [0, 0.1) is 6.92 Å². The number of tetrazole rings is 1. The van der Waals surface area contributed by atoms with Crippen LogP contribution in [0.1, 0.15) is 5.69 Å². The second-order valence-electron chi connectivity index (χ2n) is 4.02. The van der Waals surface area contributed by atoms with Crippen LogP contribution in [0.5, 0.6) is 0 Å². The summed E-state index contributed by atoms with van der Waals surface area (Å²) in [6, 6.07) is 9.96. The minimum Gasteiger partial charge on any atom is -0.293 e. The Bertz CT molecular complexity index is 687. The van der Waals surface area contributed by atoms with Gasteiger partial charge in [0.15, 0.2) is 0 Å². The maximum atomic E-state index is 4.39. The molecule has 0 amide bonds. The van der Waals surface area contributed by atoms with Crippen LogP contribution in [0.4, 0.5) is 0 Å². The Morgan fingerprint density at radius 2 is 2.05 bits per heavy atom. The second-order valence-corrected chi connectivity index (χ2v) is 5.01. The Balaban J connectivity index is 2.02. The molecular formula is C12H12N6S. The molecule has 3 aromatic heterocycles. The highest BCUT2D eigenvalue weighted by Crippen LogP contribution is 2.29. The molecule has 0 N–H and O–H groups in total. The van der Waals surface area contributed by atoms with E-state index in [0.29, 0.717) is 0 Å². The molecular weight excluding hydrogens is 260 g/mol. The smallest absolute Gasteiger partial charge is 0.215 e. The quantitative estimate of drug-likeness (QED) is 0.728. The van der Waals surface area contributed by atoms with Crippen molar-refractivity contribution in [1.82, 2.24) is 29.8 Å². The third-order valence-corrected chi connectivity index (χ3v) is 3.75. The molecule has 3 rings (SSSR count). The van der Waals surface area contributed by atoms with Crippen molar-refractivity contribution in [2.24, 2.45) is 7.05 Å². The molecule has 0 fully saturated rings. The fourth-order valence-corrected chi connectivity index (χ4v) is 2.67. The molecule has 3 aromatic rings. The summed E-state index contributed by atoms with van der Waals surface area (Å²) in [6.07, 6.45) is 1.78. The molecule has 0 radical (unpaired) electrons. The van der Waals surface area contributed by atoms with Crippen molar-refractivity contribution in [1.29, 1.82) is 0 Å². The van der Waals surface area contributed by atoms with E-state index in [9.17, 15) is 0 Å². The van der Waals surface area contributed by atoms with E-state index in [1.807, 2.05) is 38.2 Å². The van der Waals surface area contributed by atoms with Crippen LogP contribution >= 0.6 is 11.8 Å². The number of hydrogen-bond acceptors (Lipinski definition) is 5. The fourth-order valence-electron chi connectivity index (χ4n) is 1.78. The number of nitrogens with zero attached hydrogens (tertiary/aromatic N) is 6. The maximum absolute atomic E-state index is 4.39. The van der Waals surface area contributed by atoms with E-state index in [1.54, 1.807) is 10.9 Å². The SMILES string of the molecule is Cc1ccc(Sc2nnnn2C)n1-c1ccccn1. The fraction of sp³-hybridized carbons (Fsp3) is 0.167. The molecule has 0 unspecified atom stereocenters. The Morgan fingerprint density at radius 1 is 1.16 bits per heavy atom. The lowest BCUT2D eigenvalue weighted by atomic mass is 10.4. The Kier molecular flexibility index (Phi) is 3.04. The lowest BCUT2D eigenvalue weighted by Gasteiger charge is -2.09. The third kappa shape index (κ3) is 2.24. The van der Waals surface area contributed by atoms with Crippen molar-refractivity contribution < 1.29 is 0 Å². The molecule has 3 heterocycles. The van der Waals surface area contributed by atoms with Crippen molar-refractivity contribution in [3.63, 3.8) is 0 Å². The van der Waals surface area contributed by atoms with Gasteiger partial charge in [-0.15, -0.1) is 5.10 Å². The normalized spacial score (nSPS) is 10.8. The first kappa shape index (κ1) is 11.9. The first-order chi connectivity index (χ1) is 9.25. The topological polar surface area (TPSA) is 61.4 Å². The predicted octanol–water partition coefficient (Wildman–Crippen LogP) is 1.86. The van der Waals surface area contributed by atoms with E-state index in [4.69, 9.17) is 0 Å². The van der Waals surface area contributed by atoms with E-state index in [-0.39, 0.29) is 0 Å². The monoisotopic (exact) mass is 272 g/mol. The van der Waals surface area contributed by atoms with E-state index in [0.717, 1.165) is 21.7 Å². The molecule has 7 heteroatoms. The van der Waals surface area contributed by atoms with Crippen LogP contribution in [-0.2, 0) is 7.05 Å². The Hall–Kier alpha value is -2.15. The molecule has 0 aliphatic carbocycles. The standard InChI is InChI=1S/C12H12N6S/c1-9-6-7-11(19-12-14-15-16-17(12)2)18(9)10-5-3-4-8-13-10/h3-8H,1-2H3. The molecule has 0 atom stereocenters. The Morgan fingerprint density at radius 3 is 2.74 bits per heavy atom. The summed E-state index contributed by atoms with van der Waals surface area (Å²) < 4.78 is 3.73. The van der Waals surface area contributed by atoms with Gasteiger partial charge >= 0.3 is 0 Å². The van der Waals surface area contributed by atoms with E-state index >= 15 is 0 Å². The van der Waals surface area contributed by atoms with Gasteiger partial charge in [0.25, 0.3) is 0 Å². The van der Waals surface area contributed by atoms with Gasteiger partial charge < -0.3 is 0 Å². The molecule has 0 saturated carbocycles. The first-order valence-corrected chi connectivity index (χ1v) is 6.57. The Labute approximate surface area is 114 Å². The van der Waals surface area contributed by atoms with Crippen molar-refractivity contribution in [3.05, 3.63) is 42.2 Å². The summed E-state index contributed by atoms with van der Waals surface area (Å²) in [7, 11) is 1.82. The third-order valence-electron chi connectivity index (χ3n) is 2.70. The zero-order chi connectivity index (χ0) is 13.2. The second kappa shape index (κ2) is 4.85. The molecule has 96 valence electrons. The van der Waals surface area contributed by atoms with Gasteiger partial charge in [0, 0.05) is 18.9 Å². The summed E-state index contributed by atoms with van der Waals surface area (Å²) in [5.41, 5.74) is 1.12. The van der Waals surface area contributed by atoms with Gasteiger partial charge in [-0.05, 0) is 53.4 Å². The molecule has 0 spiro atoms. The van der Waals surface area contributed by atoms with Crippen molar-refractivity contribution >= 4 is 11.8 Å². The van der Waals surface area contributed by atoms with Crippen molar-refractivity contribution in [3.8, 4) is 5.82 Å². The van der Waals surface area contributed by atoms with Gasteiger partial charge in [-0.2, -0.15) is 0 Å². The van der Waals surface area contributed by atoms with Crippen LogP contribution in [0.2, 0.25) is 0 Å². The zero-order valence-electron chi connectivity index (χ0n) is 10.6. The summed E-state index contributed by atoms with van der Waals surface area (Å²) in [5.74, 6) is 0.891. The van der Waals surface area contributed by atoms with Crippen molar-refractivity contribution in [2.45, 2.75) is 17.1 Å². The van der Waals surface area contributed by atoms with E-state index in [1.165, 1.54) is 11.8 Å². The predicted molar refractivity (Wildman–Crippen MR) is 71.2 cm³/mol. The minimum atomic E-state index is 0.746. The number of rotatable bonds is 3. The number of hydrogen-bond donors (Lipinski definition) is 0. The lowest BCUT2D eigenvalue weighted by molar-refractivity contribution is 0.663. The zero-order valence-corrected chi connectivity index (χ0v) is 11.4. The highest BCUT2D eigenvalue weighted by molar-refractivity contribution is 7.99. The van der Waals surface area contributed by atoms with Gasteiger partial charge in [0.2, 0.25) is 5.16 Å².